The second-order valence-corrected chi connectivity index (χ2v) is 6.94. The lowest BCUT2D eigenvalue weighted by Gasteiger charge is -2.26. The zero-order valence-corrected chi connectivity index (χ0v) is 14.1. The van der Waals surface area contributed by atoms with Gasteiger partial charge < -0.3 is 10.8 Å². The fourth-order valence-corrected chi connectivity index (χ4v) is 3.74. The lowest BCUT2D eigenvalue weighted by molar-refractivity contribution is 0.136. The molecule has 3 N–H and O–H groups in total. The molecule has 112 valence electrons. The maximum atomic E-state index is 9.46. The molecule has 5 heteroatoms. The van der Waals surface area contributed by atoms with E-state index in [2.05, 4.69) is 27.8 Å². The fourth-order valence-electron chi connectivity index (χ4n) is 2.92. The monoisotopic (exact) mass is 360 g/mol. The molecule has 1 aliphatic rings. The molecule has 1 aliphatic heterocycles. The second-order valence-electron chi connectivity index (χ2n) is 5.61. The first-order valence-corrected chi connectivity index (χ1v) is 8.25. The molecule has 1 aromatic rings. The number of likely N-dealkylation sites (tertiary alicyclic amines) is 1. The van der Waals surface area contributed by atoms with Crippen LogP contribution < -0.4 is 5.73 Å². The highest BCUT2D eigenvalue weighted by Crippen LogP contribution is 2.29. The molecule has 1 fully saturated rings. The number of hydrogen-bond acceptors (Lipinski definition) is 3. The minimum atomic E-state index is -0.0640. The lowest BCUT2D eigenvalue weighted by Crippen LogP contribution is -2.36. The van der Waals surface area contributed by atoms with Crippen LogP contribution in [0.25, 0.3) is 0 Å². The molecule has 1 saturated heterocycles. The van der Waals surface area contributed by atoms with Gasteiger partial charge in [-0.3, -0.25) is 4.90 Å². The summed E-state index contributed by atoms with van der Waals surface area (Å²) in [5.74, 6) is 0.562. The van der Waals surface area contributed by atoms with Crippen LogP contribution in [0.4, 0.5) is 0 Å². The molecule has 0 radical (unpaired) electrons. The van der Waals surface area contributed by atoms with Crippen molar-refractivity contribution in [2.45, 2.75) is 31.8 Å². The smallest absolute Gasteiger partial charge is 0.0589 e. The Morgan fingerprint density at radius 1 is 1.55 bits per heavy atom. The van der Waals surface area contributed by atoms with Crippen LogP contribution in [-0.2, 0) is 0 Å². The van der Waals surface area contributed by atoms with E-state index in [0.717, 1.165) is 36.0 Å². The third-order valence-corrected chi connectivity index (χ3v) is 5.09. The maximum Gasteiger partial charge on any atom is 0.0589 e. The molecule has 20 heavy (non-hydrogen) atoms. The SMILES string of the molecule is CC1CCN(CCC(N)c2ccc(Br)cc2Cl)C1CO. The van der Waals surface area contributed by atoms with Crippen molar-refractivity contribution in [3.63, 3.8) is 0 Å². The quantitative estimate of drug-likeness (QED) is 0.847. The Balaban J connectivity index is 1.93. The number of benzene rings is 1. The molecule has 3 unspecified atom stereocenters. The predicted molar refractivity (Wildman–Crippen MR) is 86.9 cm³/mol. The van der Waals surface area contributed by atoms with Crippen molar-refractivity contribution in [2.24, 2.45) is 11.7 Å². The normalized spacial score (nSPS) is 25.1. The molecule has 1 aromatic carbocycles. The van der Waals surface area contributed by atoms with Crippen LogP contribution in [0.2, 0.25) is 5.02 Å². The van der Waals surface area contributed by atoms with Gasteiger partial charge in [-0.1, -0.05) is 40.5 Å². The van der Waals surface area contributed by atoms with E-state index < -0.39 is 0 Å². The molecule has 0 saturated carbocycles. The van der Waals surface area contributed by atoms with Crippen molar-refractivity contribution in [3.8, 4) is 0 Å². The van der Waals surface area contributed by atoms with Crippen molar-refractivity contribution in [3.05, 3.63) is 33.3 Å². The number of aliphatic hydroxyl groups is 1. The number of nitrogens with two attached hydrogens (primary N) is 1. The van der Waals surface area contributed by atoms with Crippen LogP contribution in [0.1, 0.15) is 31.4 Å². The number of rotatable bonds is 5. The van der Waals surface area contributed by atoms with Gasteiger partial charge in [-0.15, -0.1) is 0 Å². The minimum Gasteiger partial charge on any atom is -0.395 e. The Labute approximate surface area is 134 Å². The molecular formula is C15H22BrClN2O. The summed E-state index contributed by atoms with van der Waals surface area (Å²) in [6, 6.07) is 6.04. The highest BCUT2D eigenvalue weighted by molar-refractivity contribution is 9.10. The van der Waals surface area contributed by atoms with E-state index in [0.29, 0.717) is 10.9 Å². The van der Waals surface area contributed by atoms with Gasteiger partial charge in [-0.25, -0.2) is 0 Å². The summed E-state index contributed by atoms with van der Waals surface area (Å²) in [4.78, 5) is 2.34. The van der Waals surface area contributed by atoms with Crippen LogP contribution in [0, 0.1) is 5.92 Å². The van der Waals surface area contributed by atoms with E-state index in [-0.39, 0.29) is 18.7 Å². The number of halogens is 2. The topological polar surface area (TPSA) is 49.5 Å². The first-order chi connectivity index (χ1) is 9.52. The van der Waals surface area contributed by atoms with Gasteiger partial charge in [0, 0.05) is 28.1 Å². The van der Waals surface area contributed by atoms with Crippen LogP contribution in [0.3, 0.4) is 0 Å². The molecule has 1 heterocycles. The highest BCUT2D eigenvalue weighted by Gasteiger charge is 2.30. The van der Waals surface area contributed by atoms with E-state index in [4.69, 9.17) is 17.3 Å². The average molecular weight is 362 g/mol. The predicted octanol–water partition coefficient (Wildman–Crippen LogP) is 3.20. The number of aliphatic hydroxyl groups excluding tert-OH is 1. The van der Waals surface area contributed by atoms with Gasteiger partial charge in [0.1, 0.15) is 0 Å². The minimum absolute atomic E-state index is 0.0640. The summed E-state index contributed by atoms with van der Waals surface area (Å²) in [7, 11) is 0. The van der Waals surface area contributed by atoms with E-state index in [9.17, 15) is 5.11 Å². The Bertz CT molecular complexity index is 457. The van der Waals surface area contributed by atoms with Crippen LogP contribution in [0.5, 0.6) is 0 Å². The largest absolute Gasteiger partial charge is 0.395 e. The Hall–Kier alpha value is -0.130. The van der Waals surface area contributed by atoms with Crippen LogP contribution in [0.15, 0.2) is 22.7 Å². The third kappa shape index (κ3) is 3.74. The molecule has 0 aromatic heterocycles. The van der Waals surface area contributed by atoms with Crippen LogP contribution >= 0.6 is 27.5 Å². The van der Waals surface area contributed by atoms with E-state index >= 15 is 0 Å². The molecule has 3 nitrogen and oxygen atoms in total. The zero-order valence-electron chi connectivity index (χ0n) is 11.7. The van der Waals surface area contributed by atoms with E-state index in [1.165, 1.54) is 0 Å². The lowest BCUT2D eigenvalue weighted by atomic mass is 10.0. The maximum absolute atomic E-state index is 9.46. The summed E-state index contributed by atoms with van der Waals surface area (Å²) >= 11 is 9.64. The van der Waals surface area contributed by atoms with Crippen molar-refractivity contribution in [1.29, 1.82) is 0 Å². The second kappa shape index (κ2) is 7.23. The Morgan fingerprint density at radius 3 is 2.95 bits per heavy atom. The first kappa shape index (κ1) is 16.2. The molecule has 0 aliphatic carbocycles. The van der Waals surface area contributed by atoms with Crippen molar-refractivity contribution >= 4 is 27.5 Å². The molecule has 0 spiro atoms. The Kier molecular flexibility index (Phi) is 5.87. The summed E-state index contributed by atoms with van der Waals surface area (Å²) in [5, 5.41) is 10.2. The molecule has 0 amide bonds. The average Bonchev–Trinajstić information content (AvgIpc) is 2.76. The van der Waals surface area contributed by atoms with Crippen molar-refractivity contribution in [2.75, 3.05) is 19.7 Å². The molecular weight excluding hydrogens is 340 g/mol. The molecule has 0 bridgehead atoms. The van der Waals surface area contributed by atoms with Crippen molar-refractivity contribution < 1.29 is 5.11 Å². The van der Waals surface area contributed by atoms with Gasteiger partial charge in [0.05, 0.1) is 6.61 Å². The summed E-state index contributed by atoms with van der Waals surface area (Å²) in [6.45, 7) is 4.39. The summed E-state index contributed by atoms with van der Waals surface area (Å²) in [6.07, 6.45) is 2.00. The van der Waals surface area contributed by atoms with Gasteiger partial charge >= 0.3 is 0 Å². The molecule has 3 atom stereocenters. The van der Waals surface area contributed by atoms with Crippen molar-refractivity contribution in [1.82, 2.24) is 4.90 Å². The molecule has 2 rings (SSSR count). The number of hydrogen-bond donors (Lipinski definition) is 2. The third-order valence-electron chi connectivity index (χ3n) is 4.27. The Morgan fingerprint density at radius 2 is 2.30 bits per heavy atom. The summed E-state index contributed by atoms with van der Waals surface area (Å²) < 4.78 is 0.965. The first-order valence-electron chi connectivity index (χ1n) is 7.08. The standard InChI is InChI=1S/C15H22BrClN2O/c1-10-4-6-19(15(10)9-20)7-5-14(18)12-3-2-11(16)8-13(12)17/h2-3,8,10,14-15,20H,4-7,9,18H2,1H3. The van der Waals surface area contributed by atoms with Gasteiger partial charge in [0.2, 0.25) is 0 Å². The van der Waals surface area contributed by atoms with Gasteiger partial charge in [-0.2, -0.15) is 0 Å². The van der Waals surface area contributed by atoms with Gasteiger partial charge in [-0.05, 0) is 43.0 Å². The van der Waals surface area contributed by atoms with Crippen LogP contribution in [-0.4, -0.2) is 35.7 Å². The van der Waals surface area contributed by atoms with E-state index in [1.54, 1.807) is 0 Å². The highest BCUT2D eigenvalue weighted by atomic mass is 79.9. The summed E-state index contributed by atoms with van der Waals surface area (Å²) in [5.41, 5.74) is 7.25. The number of nitrogens with zero attached hydrogens (tertiary/aromatic N) is 1. The van der Waals surface area contributed by atoms with Gasteiger partial charge in [0.15, 0.2) is 0 Å². The zero-order chi connectivity index (χ0) is 14.7. The van der Waals surface area contributed by atoms with E-state index in [1.807, 2.05) is 18.2 Å². The van der Waals surface area contributed by atoms with Gasteiger partial charge in [0.25, 0.3) is 0 Å². The fraction of sp³-hybridized carbons (Fsp3) is 0.600.